The molecule has 0 saturated carbocycles. The molecule has 0 radical (unpaired) electrons. The first-order valence-corrected chi connectivity index (χ1v) is 37.2. The van der Waals surface area contributed by atoms with Crippen LogP contribution in [0.2, 0.25) is 0 Å². The van der Waals surface area contributed by atoms with E-state index in [0.717, 1.165) is 85.3 Å². The number of anilines is 3. The summed E-state index contributed by atoms with van der Waals surface area (Å²) in [5.74, 6) is 0. The van der Waals surface area contributed by atoms with Crippen LogP contribution in [0.15, 0.2) is 269 Å². The highest BCUT2D eigenvalue weighted by Crippen LogP contribution is 2.29. The van der Waals surface area contributed by atoms with Crippen LogP contribution < -0.4 is 42.2 Å². The number of nitrogens with two attached hydrogens (primary N) is 2. The fourth-order valence-electron chi connectivity index (χ4n) is 10.7. The Morgan fingerprint density at radius 3 is 1.04 bits per heavy atom. The lowest BCUT2D eigenvalue weighted by molar-refractivity contribution is 0.251. The number of rotatable bonds is 21. The summed E-state index contributed by atoms with van der Waals surface area (Å²) in [7, 11) is -10.8. The minimum Gasteiger partial charge on any atom is -0.338 e. The Labute approximate surface area is 592 Å². The van der Waals surface area contributed by atoms with Gasteiger partial charge in [-0.3, -0.25) is 0 Å². The smallest absolute Gasteiger partial charge is 0.319 e. The van der Waals surface area contributed by atoms with Gasteiger partial charge in [-0.15, -0.1) is 0 Å². The number of aromatic nitrogens is 6. The Morgan fingerprint density at radius 1 is 0.363 bits per heavy atom. The Balaban J connectivity index is 0.000000165. The number of aryl methyl sites for hydroxylation is 4. The van der Waals surface area contributed by atoms with Gasteiger partial charge in [0.25, 0.3) is 0 Å². The molecule has 522 valence electrons. The zero-order chi connectivity index (χ0) is 72.4. The van der Waals surface area contributed by atoms with E-state index in [2.05, 4.69) is 37.0 Å². The topological polar surface area (TPSA) is 331 Å². The Hall–Kier alpha value is -11.8. The third-order valence-corrected chi connectivity index (χ3v) is 18.6. The molecule has 0 bridgehead atoms. The molecule has 0 aliphatic rings. The second kappa shape index (κ2) is 33.4. The van der Waals surface area contributed by atoms with Gasteiger partial charge in [-0.25, -0.2) is 64.0 Å². The van der Waals surface area contributed by atoms with Crippen LogP contribution in [-0.2, 0) is 49.3 Å². The van der Waals surface area contributed by atoms with Crippen LogP contribution in [0.5, 0.6) is 0 Å². The lowest BCUT2D eigenvalue weighted by Gasteiger charge is -2.08. The summed E-state index contributed by atoms with van der Waals surface area (Å²) in [5, 5.41) is 41.6. The Kier molecular flexibility index (Phi) is 23.9. The first kappa shape index (κ1) is 72.9. The number of sulfone groups is 1. The monoisotopic (exact) mass is 1420 g/mol. The minimum atomic E-state index is -3.79. The summed E-state index contributed by atoms with van der Waals surface area (Å²) in [5.41, 5.74) is 15.3. The summed E-state index contributed by atoms with van der Waals surface area (Å²) in [6, 6.07) is 76.2. The van der Waals surface area contributed by atoms with E-state index in [0.29, 0.717) is 48.7 Å². The van der Waals surface area contributed by atoms with Gasteiger partial charge in [-0.05, 0) is 178 Å². The van der Waals surface area contributed by atoms with Gasteiger partial charge in [-0.1, -0.05) is 127 Å². The highest BCUT2D eigenvalue weighted by atomic mass is 32.2. The van der Waals surface area contributed by atoms with E-state index < -0.39 is 29.9 Å². The number of benzene rings is 9. The number of amides is 6. The maximum absolute atomic E-state index is 12.3. The summed E-state index contributed by atoms with van der Waals surface area (Å²) < 4.78 is 75.3. The molecule has 9 aromatic carbocycles. The van der Waals surface area contributed by atoms with E-state index in [-0.39, 0.29) is 39.3 Å². The maximum Gasteiger partial charge on any atom is 0.319 e. The molecular formula is C76H76N14O9S3. The van der Waals surface area contributed by atoms with Gasteiger partial charge in [-0.2, -0.15) is 15.3 Å². The Morgan fingerprint density at radius 2 is 0.686 bits per heavy atom. The zero-order valence-electron chi connectivity index (χ0n) is 56.2. The van der Waals surface area contributed by atoms with Gasteiger partial charge in [0.05, 0.1) is 72.5 Å². The number of carbonyl (C=O) groups is 3. The highest BCUT2D eigenvalue weighted by molar-refractivity contribution is 7.90. The van der Waals surface area contributed by atoms with Crippen molar-refractivity contribution in [2.24, 2.45) is 10.3 Å². The largest absolute Gasteiger partial charge is 0.338 e. The summed E-state index contributed by atoms with van der Waals surface area (Å²) in [6.45, 7) is 7.01. The molecule has 102 heavy (non-hydrogen) atoms. The number of urea groups is 3. The first-order valence-electron chi connectivity index (χ1n) is 32.2. The molecule has 12 aromatic rings. The minimum absolute atomic E-state index is 0.0226. The molecule has 3 heterocycles. The van der Waals surface area contributed by atoms with E-state index >= 15 is 0 Å². The van der Waals surface area contributed by atoms with Crippen molar-refractivity contribution in [3.8, 4) is 50.8 Å². The van der Waals surface area contributed by atoms with Gasteiger partial charge in [0.2, 0.25) is 20.0 Å². The summed E-state index contributed by atoms with van der Waals surface area (Å²) in [4.78, 5) is 37.1. The second-order valence-corrected chi connectivity index (χ2v) is 28.9. The molecule has 6 amide bonds. The number of hydrogen-bond acceptors (Lipinski definition) is 12. The maximum atomic E-state index is 12.3. The number of hydrogen-bond donors (Lipinski definition) is 8. The zero-order valence-corrected chi connectivity index (χ0v) is 58.7. The fourth-order valence-corrected chi connectivity index (χ4v) is 12.3. The lowest BCUT2D eigenvalue weighted by atomic mass is 10.1. The molecule has 0 fully saturated rings. The molecule has 0 saturated heterocycles. The number of carbonyl (C=O) groups excluding carboxylic acids is 3. The Bertz CT molecular complexity index is 5230. The molecule has 10 N–H and O–H groups in total. The van der Waals surface area contributed by atoms with E-state index in [1.165, 1.54) is 30.5 Å². The summed E-state index contributed by atoms with van der Waals surface area (Å²) >= 11 is 0. The van der Waals surface area contributed by atoms with Gasteiger partial charge in [0.15, 0.2) is 9.84 Å². The molecular weight excluding hydrogens is 1350 g/mol. The predicted octanol–water partition coefficient (Wildman–Crippen LogP) is 12.7. The normalized spacial score (nSPS) is 11.2. The van der Waals surface area contributed by atoms with Crippen LogP contribution in [0.1, 0.15) is 40.2 Å². The average molecular weight is 1430 g/mol. The van der Waals surface area contributed by atoms with E-state index in [4.69, 9.17) is 20.5 Å². The van der Waals surface area contributed by atoms with Crippen LogP contribution in [0.3, 0.4) is 0 Å². The van der Waals surface area contributed by atoms with Crippen molar-refractivity contribution < 1.29 is 39.6 Å². The van der Waals surface area contributed by atoms with Crippen molar-refractivity contribution in [2.75, 3.05) is 35.3 Å². The molecule has 0 atom stereocenters. The number of nitrogens with zero attached hydrogens (tertiary/aromatic N) is 6. The average Bonchev–Trinajstić information content (AvgIpc) is 1.64. The van der Waals surface area contributed by atoms with E-state index in [9.17, 15) is 39.6 Å². The second-order valence-electron chi connectivity index (χ2n) is 23.8. The standard InChI is InChI=1S/C27H28N4O3S.C25H25N5O3S.C24H23N5O3S/c1-20-8-6-11-22(18-20)29-27(32)28-17-7-12-23-19-26(21-9-4-3-5-10-21)31(30-23)24-13-15-25(16-14-24)35(2,33)34;1-18-6-5-9-20(16-18)28-25(31)27-15-14-21-17-24(19-7-3-2-4-8-19)30(29-21)22-10-12-23(13-11-22)34(26,32)33;1-17-6-5-9-19(14-17)27-24(30)26-16-20-15-23(18-7-3-2-4-8-18)29(28-20)21-10-12-22(13-11-21)33(25,31)32/h3-6,8-11,13-16,18-19H,7,12,17H2,1-2H3,(H2,28,29,32);2-13,16-17H,14-15H2,1H3,(H2,26,32,33)(H2,27,28,31);2-15H,16H2,1H3,(H2,25,31,32)(H2,26,27,30). The van der Waals surface area contributed by atoms with Crippen molar-refractivity contribution >= 4 is 65.0 Å². The van der Waals surface area contributed by atoms with Gasteiger partial charge >= 0.3 is 18.1 Å². The fraction of sp³-hybridized carbons (Fsp3) is 0.132. The molecule has 0 spiro atoms. The number of nitrogens with one attached hydrogen (secondary N) is 6. The molecule has 12 rings (SSSR count). The van der Waals surface area contributed by atoms with Crippen molar-refractivity contribution in [2.45, 2.75) is 61.3 Å². The van der Waals surface area contributed by atoms with Crippen LogP contribution in [0.4, 0.5) is 31.4 Å². The number of sulfonamides is 2. The van der Waals surface area contributed by atoms with E-state index in [1.807, 2.05) is 207 Å². The van der Waals surface area contributed by atoms with Crippen molar-refractivity contribution in [1.29, 1.82) is 0 Å². The van der Waals surface area contributed by atoms with Crippen molar-refractivity contribution in [3.63, 3.8) is 0 Å². The summed E-state index contributed by atoms with van der Waals surface area (Å²) in [6.07, 6.45) is 3.11. The molecule has 23 nitrogen and oxygen atoms in total. The van der Waals surface area contributed by atoms with Gasteiger partial charge < -0.3 is 31.9 Å². The lowest BCUT2D eigenvalue weighted by Crippen LogP contribution is -2.30. The van der Waals surface area contributed by atoms with Crippen molar-refractivity contribution in [3.05, 3.63) is 289 Å². The third-order valence-electron chi connectivity index (χ3n) is 15.6. The van der Waals surface area contributed by atoms with Crippen LogP contribution in [-0.4, -0.2) is 92.0 Å². The number of primary sulfonamides is 2. The van der Waals surface area contributed by atoms with Crippen LogP contribution >= 0.6 is 0 Å². The molecule has 3 aromatic heterocycles. The van der Waals surface area contributed by atoms with Gasteiger partial charge in [0.1, 0.15) is 0 Å². The molecule has 0 aliphatic carbocycles. The quantitative estimate of drug-likeness (QED) is 0.0311. The SMILES string of the molecule is Cc1cccc(NC(=O)NCCCc2cc(-c3ccccc3)n(-c3ccc(S(C)(=O)=O)cc3)n2)c1.Cc1cccc(NC(=O)NCCc2cc(-c3ccccc3)n(-c3ccc(S(N)(=O)=O)cc3)n2)c1.Cc1cccc(NC(=O)NCc2cc(-c3ccccc3)n(-c3ccc(S(N)(=O)=O)cc3)n2)c1. The highest BCUT2D eigenvalue weighted by Gasteiger charge is 2.19. The third kappa shape index (κ3) is 20.6. The van der Waals surface area contributed by atoms with Crippen LogP contribution in [0.25, 0.3) is 50.8 Å². The van der Waals surface area contributed by atoms with Gasteiger partial charge in [0, 0.05) is 59.5 Å². The van der Waals surface area contributed by atoms with Crippen LogP contribution in [0, 0.1) is 20.8 Å². The predicted molar refractivity (Wildman–Crippen MR) is 398 cm³/mol. The molecule has 0 aliphatic heterocycles. The first-order chi connectivity index (χ1) is 48.9. The van der Waals surface area contributed by atoms with E-state index in [1.54, 1.807) is 57.9 Å². The van der Waals surface area contributed by atoms with Crippen molar-refractivity contribution in [1.82, 2.24) is 45.3 Å². The molecule has 0 unspecified atom stereocenters. The molecule has 26 heteroatoms.